The van der Waals surface area contributed by atoms with Crippen LogP contribution in [0.1, 0.15) is 131 Å². The van der Waals surface area contributed by atoms with E-state index in [0.717, 1.165) is 37.7 Å². The van der Waals surface area contributed by atoms with E-state index in [1.165, 1.54) is 25.7 Å². The summed E-state index contributed by atoms with van der Waals surface area (Å²) in [6.45, 7) is 16.7. The van der Waals surface area contributed by atoms with Gasteiger partial charge in [-0.2, -0.15) is 0 Å². The number of aliphatic hydroxyl groups excluding tert-OH is 1. The average molecular weight is 542 g/mol. The van der Waals surface area contributed by atoms with E-state index in [-0.39, 0.29) is 11.9 Å². The summed E-state index contributed by atoms with van der Waals surface area (Å²) in [7, 11) is 1.76. The first-order valence-electron chi connectivity index (χ1n) is 15.5. The van der Waals surface area contributed by atoms with Gasteiger partial charge in [-0.3, -0.25) is 4.79 Å². The number of likely N-dealkylation sites (N-methyl/N-ethyl adjacent to an activating group) is 1. The van der Waals surface area contributed by atoms with Crippen LogP contribution in [-0.4, -0.2) is 29.0 Å². The Morgan fingerprint density at radius 2 is 1.23 bits per heavy atom. The third-order valence-electron chi connectivity index (χ3n) is 5.55. The number of aliphatic hydroxyl groups is 1. The van der Waals surface area contributed by atoms with Crippen LogP contribution < -0.4 is 0 Å². The first kappa shape index (κ1) is 41.1. The fourth-order valence-electron chi connectivity index (χ4n) is 3.20. The topological polar surface area (TPSA) is 40.5 Å². The molecule has 0 aliphatic heterocycles. The third-order valence-corrected chi connectivity index (χ3v) is 5.55. The number of benzene rings is 1. The van der Waals surface area contributed by atoms with Crippen molar-refractivity contribution in [3.63, 3.8) is 0 Å². The number of nitrogens with zero attached hydrogens (tertiary/aromatic N) is 1. The fourth-order valence-corrected chi connectivity index (χ4v) is 3.20. The molecule has 1 aromatic rings. The average Bonchev–Trinajstić information content (AvgIpc) is 2.97. The summed E-state index contributed by atoms with van der Waals surface area (Å²) in [6, 6.07) is 9.22. The quantitative estimate of drug-likeness (QED) is 0.224. The Kier molecular flexibility index (Phi) is 35.4. The molecule has 0 saturated heterocycles. The second-order valence-electron chi connectivity index (χ2n) is 9.20. The molecule has 3 heteroatoms. The highest BCUT2D eigenvalue weighted by Gasteiger charge is 2.23. The Labute approximate surface area is 243 Å². The third kappa shape index (κ3) is 27.0. The number of rotatable bonds is 15. The highest BCUT2D eigenvalue weighted by atomic mass is 16.3. The van der Waals surface area contributed by atoms with Crippen molar-refractivity contribution >= 4 is 5.91 Å². The zero-order valence-electron chi connectivity index (χ0n) is 27.0. The second kappa shape index (κ2) is 33.6. The van der Waals surface area contributed by atoms with Gasteiger partial charge in [0.05, 0.1) is 12.1 Å². The minimum absolute atomic E-state index is 0.0509. The van der Waals surface area contributed by atoms with Crippen LogP contribution in [0.15, 0.2) is 78.9 Å². The zero-order valence-corrected chi connectivity index (χ0v) is 27.0. The van der Waals surface area contributed by atoms with E-state index < -0.39 is 6.10 Å². The van der Waals surface area contributed by atoms with Crippen LogP contribution in [0.4, 0.5) is 0 Å². The van der Waals surface area contributed by atoms with Crippen LogP contribution >= 0.6 is 0 Å². The predicted molar refractivity (Wildman–Crippen MR) is 176 cm³/mol. The van der Waals surface area contributed by atoms with Gasteiger partial charge in [0.15, 0.2) is 0 Å². The van der Waals surface area contributed by atoms with Crippen molar-refractivity contribution in [1.29, 1.82) is 0 Å². The van der Waals surface area contributed by atoms with E-state index in [9.17, 15) is 9.90 Å². The first-order valence-corrected chi connectivity index (χ1v) is 15.5. The van der Waals surface area contributed by atoms with Crippen molar-refractivity contribution in [2.75, 3.05) is 7.05 Å². The van der Waals surface area contributed by atoms with E-state index >= 15 is 0 Å². The van der Waals surface area contributed by atoms with E-state index in [2.05, 4.69) is 83.2 Å². The number of hydrogen-bond acceptors (Lipinski definition) is 2. The summed E-state index contributed by atoms with van der Waals surface area (Å²) >= 11 is 0. The molecule has 0 aromatic heterocycles. The molecule has 0 spiro atoms. The molecular weight excluding hydrogens is 478 g/mol. The minimum Gasteiger partial charge on any atom is -0.386 e. The minimum atomic E-state index is -0.678. The van der Waals surface area contributed by atoms with Gasteiger partial charge in [-0.25, -0.2) is 0 Å². The maximum absolute atomic E-state index is 12.4. The summed E-state index contributed by atoms with van der Waals surface area (Å²) in [5.41, 5.74) is 0.832. The number of carbonyl (C=O) groups is 1. The molecule has 1 aromatic carbocycles. The summed E-state index contributed by atoms with van der Waals surface area (Å²) in [5, 5.41) is 10.5. The molecule has 0 fully saturated rings. The Morgan fingerprint density at radius 1 is 0.795 bits per heavy atom. The summed E-state index contributed by atoms with van der Waals surface area (Å²) < 4.78 is 0. The van der Waals surface area contributed by atoms with Gasteiger partial charge < -0.3 is 10.0 Å². The smallest absolute Gasteiger partial charge is 0.222 e. The molecule has 3 nitrogen and oxygen atoms in total. The molecular formula is C36H63NO2. The van der Waals surface area contributed by atoms with Gasteiger partial charge in [0.2, 0.25) is 5.91 Å². The van der Waals surface area contributed by atoms with Crippen LogP contribution in [-0.2, 0) is 4.79 Å². The van der Waals surface area contributed by atoms with Gasteiger partial charge >= 0.3 is 0 Å². The standard InChI is InChI=1S/C26H37NO2.C5H12.C3H8.C2H6/c1-4-5-6-7-8-9-10-11-12-13-14-15-19-22-25(28)27(3)23(2)26(29)24-20-17-16-18-21-24;1-3-5-4-2;1-3-2;1-2/h5-6,8-9,11-12,14-18,20-21,23,26,29H,4,7,10,13,19,22H2,1-3H3;3-5H2,1-2H3;3H2,1-2H3;1-2H3/b6-5-,9-8-,12-11-,15-14-;;;. The SMILES string of the molecule is CC.CC/C=C\C/C=C\C/C=C\C/C=C\CCC(=O)N(C)C(C)C(O)c1ccccc1.CCC.CCCCC. The Morgan fingerprint density at radius 3 is 1.64 bits per heavy atom. The van der Waals surface area contributed by atoms with Crippen molar-refractivity contribution < 1.29 is 9.90 Å². The monoisotopic (exact) mass is 541 g/mol. The van der Waals surface area contributed by atoms with E-state index in [1.54, 1.807) is 11.9 Å². The number of amides is 1. The van der Waals surface area contributed by atoms with Crippen molar-refractivity contribution in [3.05, 3.63) is 84.5 Å². The van der Waals surface area contributed by atoms with Gasteiger partial charge in [-0.05, 0) is 44.6 Å². The lowest BCUT2D eigenvalue weighted by molar-refractivity contribution is -0.133. The molecule has 1 amide bonds. The molecule has 224 valence electrons. The maximum Gasteiger partial charge on any atom is 0.222 e. The van der Waals surface area contributed by atoms with Crippen molar-refractivity contribution in [1.82, 2.24) is 4.90 Å². The number of allylic oxidation sites excluding steroid dienone is 8. The Balaban J connectivity index is -0.00000112. The van der Waals surface area contributed by atoms with Crippen molar-refractivity contribution in [3.8, 4) is 0 Å². The highest BCUT2D eigenvalue weighted by Crippen LogP contribution is 2.20. The molecule has 0 saturated carbocycles. The van der Waals surface area contributed by atoms with Crippen molar-refractivity contribution in [2.45, 2.75) is 132 Å². The Hall–Kier alpha value is -2.39. The molecule has 2 atom stereocenters. The number of hydrogen-bond donors (Lipinski definition) is 1. The highest BCUT2D eigenvalue weighted by molar-refractivity contribution is 5.76. The van der Waals surface area contributed by atoms with Crippen LogP contribution in [0.3, 0.4) is 0 Å². The lowest BCUT2D eigenvalue weighted by atomic mass is 10.0. The van der Waals surface area contributed by atoms with Gasteiger partial charge in [-0.1, -0.05) is 153 Å². The van der Waals surface area contributed by atoms with E-state index in [1.807, 2.05) is 51.1 Å². The molecule has 1 rings (SSSR count). The fraction of sp³-hybridized carbons (Fsp3) is 0.583. The van der Waals surface area contributed by atoms with Gasteiger partial charge in [-0.15, -0.1) is 0 Å². The van der Waals surface area contributed by atoms with Crippen LogP contribution in [0.2, 0.25) is 0 Å². The number of unbranched alkanes of at least 4 members (excludes halogenated alkanes) is 2. The maximum atomic E-state index is 12.4. The molecule has 0 aliphatic rings. The zero-order chi connectivity index (χ0) is 30.2. The summed E-state index contributed by atoms with van der Waals surface area (Å²) in [6.07, 6.45) is 27.0. The largest absolute Gasteiger partial charge is 0.386 e. The molecule has 39 heavy (non-hydrogen) atoms. The van der Waals surface area contributed by atoms with Gasteiger partial charge in [0, 0.05) is 13.5 Å². The summed E-state index contributed by atoms with van der Waals surface area (Å²) in [5.74, 6) is 0.0509. The van der Waals surface area contributed by atoms with E-state index in [4.69, 9.17) is 0 Å². The molecule has 1 N–H and O–H groups in total. The number of carbonyl (C=O) groups excluding carboxylic acids is 1. The molecule has 0 heterocycles. The normalized spacial score (nSPS) is 12.4. The first-order chi connectivity index (χ1) is 18.9. The lowest BCUT2D eigenvalue weighted by Crippen LogP contribution is -2.38. The van der Waals surface area contributed by atoms with Crippen LogP contribution in [0.5, 0.6) is 0 Å². The molecule has 0 aliphatic carbocycles. The Bertz CT molecular complexity index is 732. The van der Waals surface area contributed by atoms with Crippen LogP contribution in [0, 0.1) is 0 Å². The molecule has 0 bridgehead atoms. The van der Waals surface area contributed by atoms with Crippen molar-refractivity contribution in [2.24, 2.45) is 0 Å². The van der Waals surface area contributed by atoms with Gasteiger partial charge in [0.25, 0.3) is 0 Å². The summed E-state index contributed by atoms with van der Waals surface area (Å²) in [4.78, 5) is 14.0. The molecule has 2 unspecified atom stereocenters. The van der Waals surface area contributed by atoms with Gasteiger partial charge in [0.1, 0.15) is 0 Å². The predicted octanol–water partition coefficient (Wildman–Crippen LogP) is 10.8. The molecule has 0 radical (unpaired) electrons. The van der Waals surface area contributed by atoms with E-state index in [0.29, 0.717) is 6.42 Å². The second-order valence-corrected chi connectivity index (χ2v) is 9.20. The van der Waals surface area contributed by atoms with Crippen LogP contribution in [0.25, 0.3) is 0 Å². The lowest BCUT2D eigenvalue weighted by Gasteiger charge is -2.29.